The Bertz CT molecular complexity index is 826. The van der Waals surface area contributed by atoms with Crippen molar-refractivity contribution in [2.75, 3.05) is 0 Å². The quantitative estimate of drug-likeness (QED) is 0.847. The zero-order chi connectivity index (χ0) is 14.3. The van der Waals surface area contributed by atoms with Gasteiger partial charge in [0.05, 0.1) is 20.9 Å². The van der Waals surface area contributed by atoms with Gasteiger partial charge in [0.1, 0.15) is 0 Å². The van der Waals surface area contributed by atoms with Crippen LogP contribution in [0.2, 0.25) is 0 Å². The molecule has 0 saturated carbocycles. The SMILES string of the molecule is O=C1NC(=O)c2cc(S(=O)(=O)c3ccccc3)ccc21. The molecule has 6 heteroatoms. The first-order valence-corrected chi connectivity index (χ1v) is 7.28. The van der Waals surface area contributed by atoms with Crippen LogP contribution in [-0.2, 0) is 9.84 Å². The number of sulfone groups is 1. The van der Waals surface area contributed by atoms with E-state index >= 15 is 0 Å². The van der Waals surface area contributed by atoms with Gasteiger partial charge in [-0.2, -0.15) is 0 Å². The molecule has 0 spiro atoms. The van der Waals surface area contributed by atoms with Crippen molar-refractivity contribution in [3.8, 4) is 0 Å². The molecule has 0 unspecified atom stereocenters. The van der Waals surface area contributed by atoms with Crippen LogP contribution in [0, 0.1) is 0 Å². The maximum absolute atomic E-state index is 12.4. The highest BCUT2D eigenvalue weighted by Crippen LogP contribution is 2.25. The summed E-state index contributed by atoms with van der Waals surface area (Å²) >= 11 is 0. The van der Waals surface area contributed by atoms with Gasteiger partial charge in [0.15, 0.2) is 0 Å². The van der Waals surface area contributed by atoms with Gasteiger partial charge in [-0.05, 0) is 30.3 Å². The van der Waals surface area contributed by atoms with Crippen molar-refractivity contribution in [3.05, 3.63) is 59.7 Å². The molecule has 0 fully saturated rings. The average Bonchev–Trinajstić information content (AvgIpc) is 2.75. The molecule has 0 aliphatic carbocycles. The number of hydrogen-bond acceptors (Lipinski definition) is 4. The van der Waals surface area contributed by atoms with Crippen molar-refractivity contribution in [2.24, 2.45) is 0 Å². The smallest absolute Gasteiger partial charge is 0.258 e. The van der Waals surface area contributed by atoms with E-state index in [2.05, 4.69) is 5.32 Å². The molecule has 0 atom stereocenters. The molecule has 1 N–H and O–H groups in total. The van der Waals surface area contributed by atoms with Gasteiger partial charge < -0.3 is 0 Å². The van der Waals surface area contributed by atoms with Crippen molar-refractivity contribution in [1.82, 2.24) is 5.32 Å². The third-order valence-electron chi connectivity index (χ3n) is 3.07. The average molecular weight is 287 g/mol. The van der Waals surface area contributed by atoms with E-state index in [0.29, 0.717) is 0 Å². The lowest BCUT2D eigenvalue weighted by Gasteiger charge is -2.05. The third-order valence-corrected chi connectivity index (χ3v) is 4.84. The molecule has 5 nitrogen and oxygen atoms in total. The Morgan fingerprint density at radius 3 is 2.10 bits per heavy atom. The van der Waals surface area contributed by atoms with E-state index in [4.69, 9.17) is 0 Å². The fraction of sp³-hybridized carbons (Fsp3) is 0. The molecule has 1 heterocycles. The van der Waals surface area contributed by atoms with E-state index in [0.717, 1.165) is 0 Å². The Morgan fingerprint density at radius 2 is 1.40 bits per heavy atom. The molecule has 0 saturated heterocycles. The summed E-state index contributed by atoms with van der Waals surface area (Å²) in [5, 5.41) is 2.13. The number of rotatable bonds is 2. The molecule has 0 radical (unpaired) electrons. The summed E-state index contributed by atoms with van der Waals surface area (Å²) in [6.45, 7) is 0. The van der Waals surface area contributed by atoms with Gasteiger partial charge in [-0.25, -0.2) is 8.42 Å². The normalized spacial score (nSPS) is 14.0. The molecule has 2 amide bonds. The molecule has 1 aliphatic rings. The molecular formula is C14H9NO4S. The second-order valence-corrected chi connectivity index (χ2v) is 6.26. The lowest BCUT2D eigenvalue weighted by atomic mass is 10.1. The minimum Gasteiger partial charge on any atom is -0.288 e. The van der Waals surface area contributed by atoms with E-state index in [1.54, 1.807) is 18.2 Å². The Kier molecular flexibility index (Phi) is 2.69. The number of carbonyl (C=O) groups excluding carboxylic acids is 2. The van der Waals surface area contributed by atoms with Gasteiger partial charge >= 0.3 is 0 Å². The summed E-state index contributed by atoms with van der Waals surface area (Å²) < 4.78 is 24.8. The van der Waals surface area contributed by atoms with E-state index < -0.39 is 21.7 Å². The van der Waals surface area contributed by atoms with E-state index in [1.165, 1.54) is 30.3 Å². The highest BCUT2D eigenvalue weighted by atomic mass is 32.2. The molecule has 2 aromatic carbocycles. The predicted octanol–water partition coefficient (Wildman–Crippen LogP) is 1.40. The number of fused-ring (bicyclic) bond motifs is 1. The fourth-order valence-corrected chi connectivity index (χ4v) is 3.36. The second kappa shape index (κ2) is 4.28. The maximum Gasteiger partial charge on any atom is 0.258 e. The third kappa shape index (κ3) is 1.81. The Hall–Kier alpha value is -2.47. The number of carbonyl (C=O) groups is 2. The van der Waals surface area contributed by atoms with Gasteiger partial charge in [0.25, 0.3) is 11.8 Å². The van der Waals surface area contributed by atoms with Gasteiger partial charge in [-0.3, -0.25) is 14.9 Å². The number of hydrogen-bond donors (Lipinski definition) is 1. The molecule has 2 aromatic rings. The van der Waals surface area contributed by atoms with E-state index in [1.807, 2.05) is 0 Å². The number of amides is 2. The van der Waals surface area contributed by atoms with E-state index in [-0.39, 0.29) is 20.9 Å². The van der Waals surface area contributed by atoms with Gasteiger partial charge in [0.2, 0.25) is 9.84 Å². The zero-order valence-corrected chi connectivity index (χ0v) is 11.0. The molecule has 0 aromatic heterocycles. The van der Waals surface area contributed by atoms with Crippen molar-refractivity contribution in [2.45, 2.75) is 9.79 Å². The van der Waals surface area contributed by atoms with Crippen LogP contribution in [0.1, 0.15) is 20.7 Å². The Balaban J connectivity index is 2.16. The highest BCUT2D eigenvalue weighted by molar-refractivity contribution is 7.91. The number of nitrogens with one attached hydrogen (secondary N) is 1. The summed E-state index contributed by atoms with van der Waals surface area (Å²) in [7, 11) is -3.69. The van der Waals surface area contributed by atoms with Gasteiger partial charge in [-0.1, -0.05) is 18.2 Å². The summed E-state index contributed by atoms with van der Waals surface area (Å²) in [5.41, 5.74) is 0.286. The topological polar surface area (TPSA) is 80.3 Å². The number of benzene rings is 2. The van der Waals surface area contributed by atoms with Crippen molar-refractivity contribution >= 4 is 21.7 Å². The standard InChI is InChI=1S/C14H9NO4S/c16-13-11-7-6-10(8-12(11)14(17)15-13)20(18,19)9-4-2-1-3-5-9/h1-8H,(H,15,16,17). The monoisotopic (exact) mass is 287 g/mol. The van der Waals surface area contributed by atoms with Gasteiger partial charge in [-0.15, -0.1) is 0 Å². The van der Waals surface area contributed by atoms with Crippen molar-refractivity contribution in [3.63, 3.8) is 0 Å². The first kappa shape index (κ1) is 12.6. The largest absolute Gasteiger partial charge is 0.288 e. The van der Waals surface area contributed by atoms with Crippen LogP contribution < -0.4 is 5.32 Å². The second-order valence-electron chi connectivity index (χ2n) is 4.31. The van der Waals surface area contributed by atoms with E-state index in [9.17, 15) is 18.0 Å². The highest BCUT2D eigenvalue weighted by Gasteiger charge is 2.29. The molecule has 0 bridgehead atoms. The first-order chi connectivity index (χ1) is 9.50. The minimum absolute atomic E-state index is 0.00713. The summed E-state index contributed by atoms with van der Waals surface area (Å²) in [4.78, 5) is 23.1. The fourth-order valence-electron chi connectivity index (χ4n) is 2.05. The van der Waals surface area contributed by atoms with Crippen LogP contribution >= 0.6 is 0 Å². The van der Waals surface area contributed by atoms with Gasteiger partial charge in [0, 0.05) is 0 Å². The van der Waals surface area contributed by atoms with Crippen LogP contribution in [0.4, 0.5) is 0 Å². The zero-order valence-electron chi connectivity index (χ0n) is 10.2. The maximum atomic E-state index is 12.4. The van der Waals surface area contributed by atoms with Crippen molar-refractivity contribution < 1.29 is 18.0 Å². The molecule has 20 heavy (non-hydrogen) atoms. The Labute approximate surface area is 115 Å². The number of imide groups is 1. The lowest BCUT2D eigenvalue weighted by Crippen LogP contribution is -2.19. The van der Waals surface area contributed by atoms with Crippen LogP contribution in [0.5, 0.6) is 0 Å². The molecule has 3 rings (SSSR count). The van der Waals surface area contributed by atoms with Crippen LogP contribution in [0.3, 0.4) is 0 Å². The first-order valence-electron chi connectivity index (χ1n) is 5.80. The Morgan fingerprint density at radius 1 is 0.750 bits per heavy atom. The summed E-state index contributed by atoms with van der Waals surface area (Å²) in [5.74, 6) is -1.08. The summed E-state index contributed by atoms with van der Waals surface area (Å²) in [6.07, 6.45) is 0. The molecule has 1 aliphatic heterocycles. The summed E-state index contributed by atoms with van der Waals surface area (Å²) in [6, 6.07) is 11.8. The lowest BCUT2D eigenvalue weighted by molar-refractivity contribution is 0.0879. The van der Waals surface area contributed by atoms with Crippen LogP contribution in [0.25, 0.3) is 0 Å². The molecular weight excluding hydrogens is 278 g/mol. The van der Waals surface area contributed by atoms with Crippen molar-refractivity contribution in [1.29, 1.82) is 0 Å². The van der Waals surface area contributed by atoms with Crippen LogP contribution in [-0.4, -0.2) is 20.2 Å². The molecule has 100 valence electrons. The van der Waals surface area contributed by atoms with Crippen LogP contribution in [0.15, 0.2) is 58.3 Å². The minimum atomic E-state index is -3.69. The predicted molar refractivity (Wildman–Crippen MR) is 70.1 cm³/mol.